The van der Waals surface area contributed by atoms with Crippen molar-refractivity contribution in [3.63, 3.8) is 0 Å². The van der Waals surface area contributed by atoms with Crippen molar-refractivity contribution >= 4 is 28.9 Å². The number of nitro benzene ring substituents is 1. The van der Waals surface area contributed by atoms with Gasteiger partial charge in [-0.25, -0.2) is 0 Å². The maximum Gasteiger partial charge on any atom is 0.269 e. The lowest BCUT2D eigenvalue weighted by atomic mass is 9.89. The van der Waals surface area contributed by atoms with Crippen molar-refractivity contribution in [1.29, 1.82) is 0 Å². The first kappa shape index (κ1) is 25.9. The number of piperidine rings is 1. The highest BCUT2D eigenvalue weighted by molar-refractivity contribution is 6.06. The van der Waals surface area contributed by atoms with Gasteiger partial charge in [-0.2, -0.15) is 0 Å². The number of nitrogens with zero attached hydrogens (tertiary/aromatic N) is 2. The third kappa shape index (κ3) is 6.73. The number of amides is 2. The van der Waals surface area contributed by atoms with Crippen molar-refractivity contribution in [1.82, 2.24) is 5.32 Å². The largest absolute Gasteiger partial charge is 0.371 e. The molecule has 8 heteroatoms. The summed E-state index contributed by atoms with van der Waals surface area (Å²) in [6.07, 6.45) is 3.14. The lowest BCUT2D eigenvalue weighted by molar-refractivity contribution is -0.384. The SMILES string of the molecule is CC(C)NC(=O)c1cc(NC(=O)c2ccc([N+](=O)[O-])cc2)ccc1N1CCC(Cc2ccccc2)CC1. The van der Waals surface area contributed by atoms with E-state index < -0.39 is 10.8 Å². The van der Waals surface area contributed by atoms with E-state index in [4.69, 9.17) is 0 Å². The Kier molecular flexibility index (Phi) is 8.18. The number of nitro groups is 1. The Bertz CT molecular complexity index is 1250. The molecule has 2 N–H and O–H groups in total. The molecule has 0 atom stereocenters. The maximum atomic E-state index is 13.1. The zero-order valence-corrected chi connectivity index (χ0v) is 21.1. The smallest absolute Gasteiger partial charge is 0.269 e. The van der Waals surface area contributed by atoms with E-state index in [1.165, 1.54) is 29.8 Å². The van der Waals surface area contributed by atoms with Gasteiger partial charge in [-0.1, -0.05) is 30.3 Å². The summed E-state index contributed by atoms with van der Waals surface area (Å²) in [5, 5.41) is 16.7. The Labute approximate surface area is 216 Å². The molecule has 0 spiro atoms. The van der Waals surface area contributed by atoms with Crippen LogP contribution in [0.2, 0.25) is 0 Å². The van der Waals surface area contributed by atoms with Crippen LogP contribution in [-0.2, 0) is 6.42 Å². The number of benzene rings is 3. The Morgan fingerprint density at radius 2 is 1.65 bits per heavy atom. The topological polar surface area (TPSA) is 105 Å². The molecule has 0 radical (unpaired) electrons. The molecule has 0 unspecified atom stereocenters. The number of carbonyl (C=O) groups excluding carboxylic acids is 2. The normalized spacial score (nSPS) is 13.9. The lowest BCUT2D eigenvalue weighted by Crippen LogP contribution is -2.37. The number of non-ortho nitro benzene ring substituents is 1. The van der Waals surface area contributed by atoms with Gasteiger partial charge in [-0.15, -0.1) is 0 Å². The second-order valence-corrected chi connectivity index (χ2v) is 9.74. The van der Waals surface area contributed by atoms with E-state index in [1.54, 1.807) is 12.1 Å². The molecule has 0 bridgehead atoms. The minimum Gasteiger partial charge on any atom is -0.371 e. The highest BCUT2D eigenvalue weighted by atomic mass is 16.6. The van der Waals surface area contributed by atoms with Gasteiger partial charge in [0.1, 0.15) is 0 Å². The third-order valence-corrected chi connectivity index (χ3v) is 6.58. The number of rotatable bonds is 8. The molecule has 1 heterocycles. The van der Waals surface area contributed by atoms with Gasteiger partial charge in [-0.05, 0) is 74.9 Å². The Hall–Kier alpha value is -4.20. The van der Waals surface area contributed by atoms with Crippen LogP contribution in [0.25, 0.3) is 0 Å². The average Bonchev–Trinajstić information content (AvgIpc) is 2.89. The predicted molar refractivity (Wildman–Crippen MR) is 145 cm³/mol. The van der Waals surface area contributed by atoms with Crippen LogP contribution in [0.1, 0.15) is 53.0 Å². The zero-order chi connectivity index (χ0) is 26.4. The number of carbonyl (C=O) groups is 2. The summed E-state index contributed by atoms with van der Waals surface area (Å²) in [6.45, 7) is 5.53. The number of hydrogen-bond donors (Lipinski definition) is 2. The van der Waals surface area contributed by atoms with Crippen molar-refractivity contribution in [3.8, 4) is 0 Å². The summed E-state index contributed by atoms with van der Waals surface area (Å²) in [5.41, 5.74) is 3.41. The van der Waals surface area contributed by atoms with Gasteiger partial charge < -0.3 is 15.5 Å². The van der Waals surface area contributed by atoms with Gasteiger partial charge >= 0.3 is 0 Å². The fourth-order valence-electron chi connectivity index (χ4n) is 4.67. The number of nitrogens with one attached hydrogen (secondary N) is 2. The Morgan fingerprint density at radius 3 is 2.27 bits per heavy atom. The standard InChI is InChI=1S/C29H32N4O4/c1-20(2)30-29(35)26-19-24(31-28(34)23-8-11-25(12-9-23)33(36)37)10-13-27(26)32-16-14-22(15-17-32)18-21-6-4-3-5-7-21/h3-13,19-20,22H,14-18H2,1-2H3,(H,30,35)(H,31,34). The van der Waals surface area contributed by atoms with Crippen molar-refractivity contribution in [2.75, 3.05) is 23.3 Å². The molecular formula is C29H32N4O4. The molecule has 192 valence electrons. The molecule has 37 heavy (non-hydrogen) atoms. The van der Waals surface area contributed by atoms with Crippen LogP contribution >= 0.6 is 0 Å². The van der Waals surface area contributed by atoms with Crippen LogP contribution in [0.4, 0.5) is 17.1 Å². The number of hydrogen-bond acceptors (Lipinski definition) is 5. The third-order valence-electron chi connectivity index (χ3n) is 6.58. The minimum absolute atomic E-state index is 0.0321. The summed E-state index contributed by atoms with van der Waals surface area (Å²) < 4.78 is 0. The second kappa shape index (κ2) is 11.7. The highest BCUT2D eigenvalue weighted by Crippen LogP contribution is 2.30. The molecule has 1 fully saturated rings. The van der Waals surface area contributed by atoms with Gasteiger partial charge in [0.25, 0.3) is 17.5 Å². The van der Waals surface area contributed by atoms with E-state index >= 15 is 0 Å². The van der Waals surface area contributed by atoms with Crippen molar-refractivity contribution < 1.29 is 14.5 Å². The second-order valence-electron chi connectivity index (χ2n) is 9.74. The van der Waals surface area contributed by atoms with Crippen LogP contribution in [0.3, 0.4) is 0 Å². The lowest BCUT2D eigenvalue weighted by Gasteiger charge is -2.35. The zero-order valence-electron chi connectivity index (χ0n) is 21.1. The maximum absolute atomic E-state index is 13.1. The van der Waals surface area contributed by atoms with Crippen LogP contribution in [-0.4, -0.2) is 35.9 Å². The van der Waals surface area contributed by atoms with Crippen molar-refractivity contribution in [2.24, 2.45) is 5.92 Å². The molecule has 1 aliphatic rings. The molecule has 8 nitrogen and oxygen atoms in total. The molecule has 0 aromatic heterocycles. The summed E-state index contributed by atoms with van der Waals surface area (Å²) >= 11 is 0. The van der Waals surface area contributed by atoms with E-state index in [0.29, 0.717) is 22.7 Å². The Morgan fingerprint density at radius 1 is 0.973 bits per heavy atom. The summed E-state index contributed by atoms with van der Waals surface area (Å²) in [6, 6.07) is 21.3. The van der Waals surface area contributed by atoms with E-state index in [9.17, 15) is 19.7 Å². The van der Waals surface area contributed by atoms with Crippen LogP contribution in [0.15, 0.2) is 72.8 Å². The van der Waals surface area contributed by atoms with E-state index in [-0.39, 0.29) is 17.6 Å². The molecule has 3 aromatic carbocycles. The first-order chi connectivity index (χ1) is 17.8. The van der Waals surface area contributed by atoms with E-state index in [1.807, 2.05) is 26.0 Å². The summed E-state index contributed by atoms with van der Waals surface area (Å²) in [4.78, 5) is 38.5. The Balaban J connectivity index is 1.49. The fourth-order valence-corrected chi connectivity index (χ4v) is 4.67. The van der Waals surface area contributed by atoms with Gasteiger partial charge in [0.15, 0.2) is 0 Å². The molecule has 1 aliphatic heterocycles. The van der Waals surface area contributed by atoms with Gasteiger partial charge in [-0.3, -0.25) is 19.7 Å². The van der Waals surface area contributed by atoms with E-state index in [0.717, 1.165) is 38.0 Å². The summed E-state index contributed by atoms with van der Waals surface area (Å²) in [5.74, 6) is 0.00860. The molecular weight excluding hydrogens is 468 g/mol. The predicted octanol–water partition coefficient (Wildman–Crippen LogP) is 5.44. The van der Waals surface area contributed by atoms with Gasteiger partial charge in [0.2, 0.25) is 0 Å². The molecule has 0 aliphatic carbocycles. The molecule has 0 saturated carbocycles. The average molecular weight is 501 g/mol. The molecule has 1 saturated heterocycles. The van der Waals surface area contributed by atoms with Crippen LogP contribution in [0.5, 0.6) is 0 Å². The molecule has 4 rings (SSSR count). The van der Waals surface area contributed by atoms with E-state index in [2.05, 4.69) is 39.8 Å². The van der Waals surface area contributed by atoms with Gasteiger partial charge in [0.05, 0.1) is 10.5 Å². The van der Waals surface area contributed by atoms with Gasteiger partial charge in [0, 0.05) is 48.2 Å². The monoisotopic (exact) mass is 500 g/mol. The summed E-state index contributed by atoms with van der Waals surface area (Å²) in [7, 11) is 0. The first-order valence-corrected chi connectivity index (χ1v) is 12.6. The quantitative estimate of drug-likeness (QED) is 0.316. The first-order valence-electron chi connectivity index (χ1n) is 12.6. The van der Waals surface area contributed by atoms with Crippen molar-refractivity contribution in [3.05, 3.63) is 99.6 Å². The van der Waals surface area contributed by atoms with Crippen LogP contribution < -0.4 is 15.5 Å². The molecule has 3 aromatic rings. The van der Waals surface area contributed by atoms with Crippen LogP contribution in [0, 0.1) is 16.0 Å². The fraction of sp³-hybridized carbons (Fsp3) is 0.310. The molecule has 2 amide bonds. The minimum atomic E-state index is -0.509. The van der Waals surface area contributed by atoms with Crippen molar-refractivity contribution in [2.45, 2.75) is 39.2 Å². The highest BCUT2D eigenvalue weighted by Gasteiger charge is 2.24. The number of anilines is 2.